The summed E-state index contributed by atoms with van der Waals surface area (Å²) in [6, 6.07) is 5.59. The van der Waals surface area contributed by atoms with Gasteiger partial charge in [0.15, 0.2) is 0 Å². The second kappa shape index (κ2) is 6.01. The van der Waals surface area contributed by atoms with E-state index in [1.807, 2.05) is 38.2 Å². The molecule has 0 amide bonds. The number of benzene rings is 1. The molecule has 1 aromatic carbocycles. The zero-order chi connectivity index (χ0) is 14.7. The maximum absolute atomic E-state index is 6.19. The average molecular weight is 292 g/mol. The third-order valence-electron chi connectivity index (χ3n) is 3.09. The molecule has 20 heavy (non-hydrogen) atoms. The molecule has 0 saturated carbocycles. The van der Waals surface area contributed by atoms with Crippen molar-refractivity contribution in [2.75, 3.05) is 5.73 Å². The van der Waals surface area contributed by atoms with Gasteiger partial charge in [0.25, 0.3) is 0 Å². The SMILES string of the molecule is C=CCc1cc(N)ccc1OCc1c(C)nn(C)c1Cl. The fourth-order valence-electron chi connectivity index (χ4n) is 2.04. The van der Waals surface area contributed by atoms with Gasteiger partial charge < -0.3 is 10.5 Å². The van der Waals surface area contributed by atoms with Crippen molar-refractivity contribution in [3.63, 3.8) is 0 Å². The summed E-state index contributed by atoms with van der Waals surface area (Å²) < 4.78 is 7.51. The van der Waals surface area contributed by atoms with Gasteiger partial charge >= 0.3 is 0 Å². The number of halogens is 1. The first kappa shape index (κ1) is 14.5. The molecule has 4 nitrogen and oxygen atoms in total. The van der Waals surface area contributed by atoms with E-state index in [9.17, 15) is 0 Å². The molecule has 1 aromatic heterocycles. The number of hydrogen-bond donors (Lipinski definition) is 1. The first-order valence-electron chi connectivity index (χ1n) is 6.33. The number of allylic oxidation sites excluding steroid dienone is 1. The van der Waals surface area contributed by atoms with Crippen LogP contribution in [0.2, 0.25) is 5.15 Å². The molecular formula is C15H18ClN3O. The summed E-state index contributed by atoms with van der Waals surface area (Å²) in [5.41, 5.74) is 9.29. The quantitative estimate of drug-likeness (QED) is 0.679. The average Bonchev–Trinajstić information content (AvgIpc) is 2.64. The monoisotopic (exact) mass is 291 g/mol. The van der Waals surface area contributed by atoms with E-state index in [1.54, 1.807) is 4.68 Å². The molecule has 0 radical (unpaired) electrons. The number of nitrogens with two attached hydrogens (primary N) is 1. The van der Waals surface area contributed by atoms with Crippen LogP contribution in [0.5, 0.6) is 5.75 Å². The van der Waals surface area contributed by atoms with Gasteiger partial charge in [0.05, 0.1) is 5.69 Å². The van der Waals surface area contributed by atoms with E-state index in [-0.39, 0.29) is 0 Å². The summed E-state index contributed by atoms with van der Waals surface area (Å²) in [7, 11) is 1.81. The molecule has 106 valence electrons. The van der Waals surface area contributed by atoms with Crippen LogP contribution in [0, 0.1) is 6.92 Å². The molecule has 1 heterocycles. The Balaban J connectivity index is 2.20. The standard InChI is InChI=1S/C15H18ClN3O/c1-4-5-11-8-12(17)6-7-14(11)20-9-13-10(2)18-19(3)15(13)16/h4,6-8H,1,5,9,17H2,2-3H3. The van der Waals surface area contributed by atoms with Gasteiger partial charge in [-0.05, 0) is 37.1 Å². The second-order valence-corrected chi connectivity index (χ2v) is 4.99. The minimum absolute atomic E-state index is 0.382. The van der Waals surface area contributed by atoms with E-state index in [0.29, 0.717) is 23.9 Å². The van der Waals surface area contributed by atoms with Crippen LogP contribution in [0.25, 0.3) is 0 Å². The number of hydrogen-bond acceptors (Lipinski definition) is 3. The highest BCUT2D eigenvalue weighted by Gasteiger charge is 2.12. The van der Waals surface area contributed by atoms with Gasteiger partial charge in [-0.25, -0.2) is 0 Å². The van der Waals surface area contributed by atoms with Gasteiger partial charge in [0.2, 0.25) is 0 Å². The molecule has 0 fully saturated rings. The van der Waals surface area contributed by atoms with Gasteiger partial charge in [-0.1, -0.05) is 17.7 Å². The number of rotatable bonds is 5. The second-order valence-electron chi connectivity index (χ2n) is 4.63. The number of nitrogens with zero attached hydrogens (tertiary/aromatic N) is 2. The first-order valence-corrected chi connectivity index (χ1v) is 6.70. The molecule has 0 aliphatic carbocycles. The maximum Gasteiger partial charge on any atom is 0.133 e. The number of aromatic nitrogens is 2. The topological polar surface area (TPSA) is 53.1 Å². The molecule has 0 aliphatic rings. The lowest BCUT2D eigenvalue weighted by molar-refractivity contribution is 0.303. The van der Waals surface area contributed by atoms with Crippen LogP contribution in [-0.4, -0.2) is 9.78 Å². The normalized spacial score (nSPS) is 10.6. The Morgan fingerprint density at radius 1 is 1.50 bits per heavy atom. The van der Waals surface area contributed by atoms with Crippen LogP contribution in [0.15, 0.2) is 30.9 Å². The van der Waals surface area contributed by atoms with Gasteiger partial charge in [0.1, 0.15) is 17.5 Å². The van der Waals surface area contributed by atoms with Gasteiger partial charge in [0, 0.05) is 18.3 Å². The molecule has 0 atom stereocenters. The van der Waals surface area contributed by atoms with Crippen molar-refractivity contribution in [2.24, 2.45) is 7.05 Å². The van der Waals surface area contributed by atoms with Crippen molar-refractivity contribution in [1.82, 2.24) is 9.78 Å². The molecule has 0 saturated heterocycles. The molecule has 2 rings (SSSR count). The molecule has 2 N–H and O–H groups in total. The summed E-state index contributed by atoms with van der Waals surface area (Å²) >= 11 is 6.19. The van der Waals surface area contributed by atoms with Crippen LogP contribution in [0.3, 0.4) is 0 Å². The molecule has 5 heteroatoms. The lowest BCUT2D eigenvalue weighted by Gasteiger charge is -2.11. The Morgan fingerprint density at radius 2 is 2.25 bits per heavy atom. The Labute approximate surface area is 123 Å². The maximum atomic E-state index is 6.19. The van der Waals surface area contributed by atoms with Crippen LogP contribution >= 0.6 is 11.6 Å². The highest BCUT2D eigenvalue weighted by molar-refractivity contribution is 6.30. The third kappa shape index (κ3) is 2.96. The molecule has 2 aromatic rings. The van der Waals surface area contributed by atoms with E-state index in [2.05, 4.69) is 11.7 Å². The third-order valence-corrected chi connectivity index (χ3v) is 3.56. The van der Waals surface area contributed by atoms with Crippen LogP contribution in [0.1, 0.15) is 16.8 Å². The van der Waals surface area contributed by atoms with E-state index in [0.717, 1.165) is 22.6 Å². The lowest BCUT2D eigenvalue weighted by atomic mass is 10.1. The van der Waals surface area contributed by atoms with Crippen molar-refractivity contribution in [1.29, 1.82) is 0 Å². The Bertz CT molecular complexity index is 634. The molecule has 0 spiro atoms. The van der Waals surface area contributed by atoms with Crippen LogP contribution in [0.4, 0.5) is 5.69 Å². The van der Waals surface area contributed by atoms with Gasteiger partial charge in [-0.2, -0.15) is 5.10 Å². The predicted molar refractivity (Wildman–Crippen MR) is 82.0 cm³/mol. The number of nitrogen functional groups attached to an aromatic ring is 1. The van der Waals surface area contributed by atoms with Crippen molar-refractivity contribution >= 4 is 17.3 Å². The zero-order valence-corrected chi connectivity index (χ0v) is 12.4. The van der Waals surface area contributed by atoms with Crippen LogP contribution < -0.4 is 10.5 Å². The fourth-order valence-corrected chi connectivity index (χ4v) is 2.27. The van der Waals surface area contributed by atoms with Crippen molar-refractivity contribution < 1.29 is 4.74 Å². The molecular weight excluding hydrogens is 274 g/mol. The molecule has 0 bridgehead atoms. The van der Waals surface area contributed by atoms with Crippen molar-refractivity contribution in [3.05, 3.63) is 52.8 Å². The Hall–Kier alpha value is -1.94. The largest absolute Gasteiger partial charge is 0.488 e. The minimum atomic E-state index is 0.382. The zero-order valence-electron chi connectivity index (χ0n) is 11.7. The van der Waals surface area contributed by atoms with Crippen molar-refractivity contribution in [3.8, 4) is 5.75 Å². The Kier molecular flexibility index (Phi) is 4.35. The van der Waals surface area contributed by atoms with E-state index < -0.39 is 0 Å². The van der Waals surface area contributed by atoms with E-state index >= 15 is 0 Å². The van der Waals surface area contributed by atoms with Gasteiger partial charge in [-0.15, -0.1) is 6.58 Å². The lowest BCUT2D eigenvalue weighted by Crippen LogP contribution is -2.00. The Morgan fingerprint density at radius 3 is 2.85 bits per heavy atom. The predicted octanol–water partition coefficient (Wildman–Crippen LogP) is 3.27. The highest BCUT2D eigenvalue weighted by Crippen LogP contribution is 2.25. The van der Waals surface area contributed by atoms with E-state index in [1.165, 1.54) is 0 Å². The summed E-state index contributed by atoms with van der Waals surface area (Å²) in [6.07, 6.45) is 2.53. The van der Waals surface area contributed by atoms with E-state index in [4.69, 9.17) is 22.1 Å². The van der Waals surface area contributed by atoms with Gasteiger partial charge in [-0.3, -0.25) is 4.68 Å². The summed E-state index contributed by atoms with van der Waals surface area (Å²) in [5.74, 6) is 0.790. The summed E-state index contributed by atoms with van der Waals surface area (Å²) in [4.78, 5) is 0. The number of anilines is 1. The molecule has 0 unspecified atom stereocenters. The van der Waals surface area contributed by atoms with Crippen LogP contribution in [-0.2, 0) is 20.1 Å². The summed E-state index contributed by atoms with van der Waals surface area (Å²) in [5, 5.41) is 4.86. The minimum Gasteiger partial charge on any atom is -0.488 e. The van der Waals surface area contributed by atoms with Crippen molar-refractivity contribution in [2.45, 2.75) is 20.0 Å². The molecule has 0 aliphatic heterocycles. The summed E-state index contributed by atoms with van der Waals surface area (Å²) in [6.45, 7) is 6.04. The fraction of sp³-hybridized carbons (Fsp3) is 0.267. The number of ether oxygens (including phenoxy) is 1. The smallest absolute Gasteiger partial charge is 0.133 e. The highest BCUT2D eigenvalue weighted by atomic mass is 35.5. The number of aryl methyl sites for hydroxylation is 2. The first-order chi connectivity index (χ1) is 9.52.